The summed E-state index contributed by atoms with van der Waals surface area (Å²) in [6, 6.07) is 0. The number of terminal acetylenes is 1. The summed E-state index contributed by atoms with van der Waals surface area (Å²) in [6.45, 7) is 0. The topological polar surface area (TPSA) is 20.2 Å². The normalized spacial score (nSPS) is 18.1. The summed E-state index contributed by atoms with van der Waals surface area (Å²) in [5.41, 5.74) is 1.07. The molecule has 0 amide bonds. The van der Waals surface area contributed by atoms with Gasteiger partial charge in [-0.15, -0.1) is 12.3 Å². The zero-order valence-electron chi connectivity index (χ0n) is 5.35. The first-order valence-electron chi connectivity index (χ1n) is 3.18. The quantitative estimate of drug-likeness (QED) is 0.527. The Kier molecular flexibility index (Phi) is 1.79. The number of aliphatic hydroxyl groups is 1. The Hall–Kier alpha value is -0.900. The van der Waals surface area contributed by atoms with Crippen molar-refractivity contribution < 1.29 is 5.11 Å². The van der Waals surface area contributed by atoms with Crippen molar-refractivity contribution in [2.75, 3.05) is 0 Å². The maximum absolute atomic E-state index is 9.10. The first-order valence-corrected chi connectivity index (χ1v) is 3.18. The van der Waals surface area contributed by atoms with Gasteiger partial charge in [-0.3, -0.25) is 0 Å². The van der Waals surface area contributed by atoms with Crippen molar-refractivity contribution in [3.05, 3.63) is 11.3 Å². The molecule has 48 valence electrons. The van der Waals surface area contributed by atoms with E-state index in [9.17, 15) is 0 Å². The molecular formula is C8H10O. The van der Waals surface area contributed by atoms with E-state index in [-0.39, 0.29) is 0 Å². The van der Waals surface area contributed by atoms with Gasteiger partial charge in [-0.1, -0.05) is 0 Å². The lowest BCUT2D eigenvalue weighted by Crippen LogP contribution is -1.79. The Balaban J connectivity index is 2.58. The fraction of sp³-hybridized carbons (Fsp3) is 0.500. The van der Waals surface area contributed by atoms with Gasteiger partial charge in [0.15, 0.2) is 0 Å². The Morgan fingerprint density at radius 1 is 1.56 bits per heavy atom. The summed E-state index contributed by atoms with van der Waals surface area (Å²) >= 11 is 0. The lowest BCUT2D eigenvalue weighted by atomic mass is 10.2. The van der Waals surface area contributed by atoms with Gasteiger partial charge in [0.2, 0.25) is 0 Å². The van der Waals surface area contributed by atoms with Crippen molar-refractivity contribution in [3.8, 4) is 12.3 Å². The highest BCUT2D eigenvalue weighted by molar-refractivity contribution is 5.18. The van der Waals surface area contributed by atoms with E-state index in [1.54, 1.807) is 0 Å². The number of hydrogen-bond acceptors (Lipinski definition) is 1. The molecule has 0 unspecified atom stereocenters. The third-order valence-corrected chi connectivity index (χ3v) is 1.62. The minimum Gasteiger partial charge on any atom is -0.512 e. The molecular weight excluding hydrogens is 112 g/mol. The predicted octanol–water partition coefficient (Wildman–Crippen LogP) is 2.01. The van der Waals surface area contributed by atoms with E-state index in [0.717, 1.165) is 24.8 Å². The lowest BCUT2D eigenvalue weighted by Gasteiger charge is -1.93. The first-order chi connectivity index (χ1) is 4.34. The Morgan fingerprint density at radius 2 is 2.33 bits per heavy atom. The van der Waals surface area contributed by atoms with E-state index in [1.165, 1.54) is 0 Å². The predicted molar refractivity (Wildman–Crippen MR) is 37.0 cm³/mol. The molecule has 0 heterocycles. The van der Waals surface area contributed by atoms with Gasteiger partial charge in [0.25, 0.3) is 0 Å². The molecule has 0 saturated heterocycles. The largest absolute Gasteiger partial charge is 0.512 e. The van der Waals surface area contributed by atoms with Crippen LogP contribution in [0.25, 0.3) is 0 Å². The van der Waals surface area contributed by atoms with Crippen molar-refractivity contribution in [1.29, 1.82) is 0 Å². The van der Waals surface area contributed by atoms with Crippen LogP contribution in [0.4, 0.5) is 0 Å². The van der Waals surface area contributed by atoms with Gasteiger partial charge in [0, 0.05) is 12.8 Å². The number of rotatable bonds is 1. The summed E-state index contributed by atoms with van der Waals surface area (Å²) < 4.78 is 0. The lowest BCUT2D eigenvalue weighted by molar-refractivity contribution is 0.392. The number of hydrogen-bond donors (Lipinski definition) is 1. The summed E-state index contributed by atoms with van der Waals surface area (Å²) in [5.74, 6) is 3.06. The zero-order valence-corrected chi connectivity index (χ0v) is 5.35. The van der Waals surface area contributed by atoms with Gasteiger partial charge in [-0.25, -0.2) is 0 Å². The molecule has 1 N–H and O–H groups in total. The average Bonchev–Trinajstić information content (AvgIpc) is 2.18. The molecule has 0 radical (unpaired) electrons. The molecule has 0 aromatic heterocycles. The van der Waals surface area contributed by atoms with E-state index in [1.807, 2.05) is 0 Å². The highest BCUT2D eigenvalue weighted by Gasteiger charge is 2.11. The average molecular weight is 122 g/mol. The van der Waals surface area contributed by atoms with Crippen LogP contribution in [0, 0.1) is 12.3 Å². The zero-order chi connectivity index (χ0) is 6.69. The van der Waals surface area contributed by atoms with Gasteiger partial charge in [0.1, 0.15) is 0 Å². The van der Waals surface area contributed by atoms with Gasteiger partial charge in [-0.05, 0) is 18.4 Å². The standard InChI is InChI=1S/C8H10O/c1-2-4-7-5-3-6-8(7)9/h1,9H,3-6H2. The van der Waals surface area contributed by atoms with Crippen LogP contribution in [0.5, 0.6) is 0 Å². The summed E-state index contributed by atoms with van der Waals surface area (Å²) in [4.78, 5) is 0. The molecule has 0 spiro atoms. The van der Waals surface area contributed by atoms with Crippen LogP contribution in [0.2, 0.25) is 0 Å². The molecule has 1 rings (SSSR count). The Labute approximate surface area is 55.4 Å². The second kappa shape index (κ2) is 2.59. The van der Waals surface area contributed by atoms with Gasteiger partial charge in [0.05, 0.1) is 5.76 Å². The van der Waals surface area contributed by atoms with Crippen LogP contribution in [0.1, 0.15) is 25.7 Å². The molecule has 0 fully saturated rings. The molecule has 1 heteroatoms. The summed E-state index contributed by atoms with van der Waals surface area (Å²) in [6.07, 6.45) is 8.60. The summed E-state index contributed by atoms with van der Waals surface area (Å²) in [5, 5.41) is 9.10. The smallest absolute Gasteiger partial charge is 0.0924 e. The highest BCUT2D eigenvalue weighted by Crippen LogP contribution is 2.25. The maximum Gasteiger partial charge on any atom is 0.0924 e. The molecule has 9 heavy (non-hydrogen) atoms. The van der Waals surface area contributed by atoms with Crippen LogP contribution in [0.3, 0.4) is 0 Å². The van der Waals surface area contributed by atoms with Crippen molar-refractivity contribution in [3.63, 3.8) is 0 Å². The van der Waals surface area contributed by atoms with Gasteiger partial charge in [-0.2, -0.15) is 0 Å². The molecule has 0 atom stereocenters. The van der Waals surface area contributed by atoms with E-state index >= 15 is 0 Å². The fourth-order valence-electron chi connectivity index (χ4n) is 1.10. The molecule has 1 nitrogen and oxygen atoms in total. The van der Waals surface area contributed by atoms with Crippen molar-refractivity contribution in [1.82, 2.24) is 0 Å². The minimum absolute atomic E-state index is 0.535. The van der Waals surface area contributed by atoms with Gasteiger partial charge < -0.3 is 5.11 Å². The molecule has 0 saturated carbocycles. The second-order valence-electron chi connectivity index (χ2n) is 2.28. The number of aliphatic hydroxyl groups excluding tert-OH is 1. The molecule has 0 aliphatic heterocycles. The SMILES string of the molecule is C#CCC1=C(O)CCC1. The molecule has 0 aromatic rings. The first kappa shape index (κ1) is 6.22. The van der Waals surface area contributed by atoms with E-state index in [4.69, 9.17) is 11.5 Å². The van der Waals surface area contributed by atoms with Gasteiger partial charge >= 0.3 is 0 Å². The van der Waals surface area contributed by atoms with Crippen molar-refractivity contribution in [2.45, 2.75) is 25.7 Å². The van der Waals surface area contributed by atoms with E-state index in [2.05, 4.69) is 5.92 Å². The summed E-state index contributed by atoms with van der Waals surface area (Å²) in [7, 11) is 0. The van der Waals surface area contributed by atoms with Crippen LogP contribution < -0.4 is 0 Å². The fourth-order valence-corrected chi connectivity index (χ4v) is 1.10. The number of allylic oxidation sites excluding steroid dienone is 2. The molecule has 1 aliphatic rings. The minimum atomic E-state index is 0.535. The van der Waals surface area contributed by atoms with Crippen LogP contribution in [-0.4, -0.2) is 5.11 Å². The van der Waals surface area contributed by atoms with Crippen LogP contribution in [0.15, 0.2) is 11.3 Å². The molecule has 0 aromatic carbocycles. The highest BCUT2D eigenvalue weighted by atomic mass is 16.3. The van der Waals surface area contributed by atoms with E-state index in [0.29, 0.717) is 12.2 Å². The van der Waals surface area contributed by atoms with Crippen LogP contribution >= 0.6 is 0 Å². The van der Waals surface area contributed by atoms with Crippen molar-refractivity contribution >= 4 is 0 Å². The Morgan fingerprint density at radius 3 is 2.78 bits per heavy atom. The Bertz CT molecular complexity index is 171. The van der Waals surface area contributed by atoms with Crippen molar-refractivity contribution in [2.24, 2.45) is 0 Å². The monoisotopic (exact) mass is 122 g/mol. The third-order valence-electron chi connectivity index (χ3n) is 1.62. The van der Waals surface area contributed by atoms with E-state index < -0.39 is 0 Å². The second-order valence-corrected chi connectivity index (χ2v) is 2.28. The molecule has 0 bridgehead atoms. The van der Waals surface area contributed by atoms with Crippen LogP contribution in [-0.2, 0) is 0 Å². The molecule has 1 aliphatic carbocycles. The third kappa shape index (κ3) is 1.26. The maximum atomic E-state index is 9.10.